The molecule has 2 nitrogen and oxygen atoms in total. The summed E-state index contributed by atoms with van der Waals surface area (Å²) < 4.78 is 0. The van der Waals surface area contributed by atoms with Gasteiger partial charge in [0.2, 0.25) is 0 Å². The molecule has 0 aromatic carbocycles. The van der Waals surface area contributed by atoms with Gasteiger partial charge in [-0.15, -0.1) is 11.8 Å². The Balaban J connectivity index is 2.80. The third-order valence-electron chi connectivity index (χ3n) is 1.05. The summed E-state index contributed by atoms with van der Waals surface area (Å²) in [6.45, 7) is 0. The number of carbonyl (C=O) groups excluding carboxylic acids is 2. The molecule has 0 aromatic rings. The first-order valence-corrected chi connectivity index (χ1v) is 3.45. The lowest BCUT2D eigenvalue weighted by Gasteiger charge is -1.76. The summed E-state index contributed by atoms with van der Waals surface area (Å²) in [4.78, 5) is 20.5. The monoisotopic (exact) mass is 140 g/mol. The van der Waals surface area contributed by atoms with Crippen molar-refractivity contribution in [2.75, 3.05) is 5.75 Å². The van der Waals surface area contributed by atoms with E-state index in [4.69, 9.17) is 0 Å². The van der Waals surface area contributed by atoms with Crippen LogP contribution in [0.4, 0.5) is 0 Å². The van der Waals surface area contributed by atoms with Crippen molar-refractivity contribution in [2.45, 2.75) is 6.42 Å². The van der Waals surface area contributed by atoms with E-state index in [-0.39, 0.29) is 0 Å². The first-order valence-electron chi connectivity index (χ1n) is 2.46. The predicted molar refractivity (Wildman–Crippen MR) is 35.5 cm³/mol. The molecule has 0 aromatic heterocycles. The Hall–Kier alpha value is -0.750. The van der Waals surface area contributed by atoms with E-state index in [9.17, 15) is 9.59 Å². The van der Waals surface area contributed by atoms with Crippen LogP contribution in [-0.4, -0.2) is 17.6 Å². The van der Waals surface area contributed by atoms with Crippen molar-refractivity contribution in [3.8, 4) is 0 Å². The maximum atomic E-state index is 9.95. The summed E-state index contributed by atoms with van der Waals surface area (Å²) in [6, 6.07) is 0. The van der Waals surface area contributed by atoms with E-state index in [0.29, 0.717) is 22.7 Å². The lowest BCUT2D eigenvalue weighted by molar-refractivity contribution is 0.566. The third-order valence-corrected chi connectivity index (χ3v) is 2.12. The van der Waals surface area contributed by atoms with Gasteiger partial charge in [0.1, 0.15) is 11.9 Å². The van der Waals surface area contributed by atoms with Crippen molar-refractivity contribution in [2.24, 2.45) is 0 Å². The lowest BCUT2D eigenvalue weighted by atomic mass is 10.2. The Morgan fingerprint density at radius 2 is 2.11 bits per heavy atom. The summed E-state index contributed by atoms with van der Waals surface area (Å²) in [6.07, 6.45) is 0.470. The molecule has 0 radical (unpaired) electrons. The van der Waals surface area contributed by atoms with E-state index in [2.05, 4.69) is 0 Å². The van der Waals surface area contributed by atoms with Crippen molar-refractivity contribution in [3.05, 3.63) is 10.5 Å². The average Bonchev–Trinajstić information content (AvgIpc) is 2.34. The Morgan fingerprint density at radius 1 is 1.33 bits per heavy atom. The number of thioether (sulfide) groups is 1. The van der Waals surface area contributed by atoms with Gasteiger partial charge in [0.25, 0.3) is 0 Å². The van der Waals surface area contributed by atoms with E-state index in [1.54, 1.807) is 11.9 Å². The van der Waals surface area contributed by atoms with E-state index in [1.807, 2.05) is 0 Å². The second-order valence-electron chi connectivity index (χ2n) is 1.70. The fourth-order valence-electron chi connectivity index (χ4n) is 0.601. The Kier molecular flexibility index (Phi) is 1.91. The number of hydrogen-bond acceptors (Lipinski definition) is 3. The summed E-state index contributed by atoms with van der Waals surface area (Å²) >= 11 is 1.37. The molecule has 46 valence electrons. The molecule has 1 rings (SSSR count). The number of hydrogen-bond donors (Lipinski definition) is 0. The van der Waals surface area contributed by atoms with Crippen molar-refractivity contribution >= 4 is 23.6 Å². The zero-order chi connectivity index (χ0) is 6.69. The van der Waals surface area contributed by atoms with Crippen LogP contribution in [0.15, 0.2) is 10.5 Å². The van der Waals surface area contributed by atoms with Crippen LogP contribution in [0, 0.1) is 0 Å². The molecule has 0 aliphatic carbocycles. The minimum Gasteiger partial charge on any atom is -0.234 e. The van der Waals surface area contributed by atoms with Crippen LogP contribution in [0.25, 0.3) is 0 Å². The third kappa shape index (κ3) is 1.33. The molecule has 0 N–H and O–H groups in total. The first-order chi connectivity index (χ1) is 4.36. The standard InChI is InChI=1S/C6H4O2S/c7-2-5-1-6(3-8)9-4-5/h1,4H2. The molecule has 0 spiro atoms. The minimum atomic E-state index is 0.470. The van der Waals surface area contributed by atoms with Gasteiger partial charge in [0.15, 0.2) is 0 Å². The van der Waals surface area contributed by atoms with Gasteiger partial charge in [0, 0.05) is 17.7 Å². The fraction of sp³-hybridized carbons (Fsp3) is 0.333. The average molecular weight is 140 g/mol. The van der Waals surface area contributed by atoms with Crippen LogP contribution >= 0.6 is 11.8 Å². The SMILES string of the molecule is O=C=C1CSC(=C=O)C1. The molecule has 3 heteroatoms. The molecule has 0 atom stereocenters. The number of allylic oxidation sites excluding steroid dienone is 1. The van der Waals surface area contributed by atoms with Crippen molar-refractivity contribution in [1.82, 2.24) is 0 Å². The molecule has 0 unspecified atom stereocenters. The van der Waals surface area contributed by atoms with Gasteiger partial charge in [0.05, 0.1) is 4.91 Å². The smallest absolute Gasteiger partial charge is 0.135 e. The summed E-state index contributed by atoms with van der Waals surface area (Å²) in [5, 5.41) is 0. The summed E-state index contributed by atoms with van der Waals surface area (Å²) in [5.74, 6) is 4.15. The molecule has 0 bridgehead atoms. The Morgan fingerprint density at radius 3 is 2.44 bits per heavy atom. The van der Waals surface area contributed by atoms with Gasteiger partial charge in [-0.25, -0.2) is 9.59 Å². The fourth-order valence-corrected chi connectivity index (χ4v) is 1.45. The summed E-state index contributed by atoms with van der Waals surface area (Å²) in [7, 11) is 0. The highest BCUT2D eigenvalue weighted by molar-refractivity contribution is 8.03. The second-order valence-corrected chi connectivity index (χ2v) is 2.77. The van der Waals surface area contributed by atoms with Crippen LogP contribution in [0.3, 0.4) is 0 Å². The normalized spacial score (nSPS) is 17.3. The maximum absolute atomic E-state index is 9.95. The van der Waals surface area contributed by atoms with Crippen LogP contribution in [-0.2, 0) is 9.59 Å². The first kappa shape index (κ1) is 6.37. The zero-order valence-electron chi connectivity index (χ0n) is 4.64. The topological polar surface area (TPSA) is 34.1 Å². The van der Waals surface area contributed by atoms with Crippen molar-refractivity contribution in [1.29, 1.82) is 0 Å². The van der Waals surface area contributed by atoms with Crippen molar-refractivity contribution in [3.63, 3.8) is 0 Å². The highest BCUT2D eigenvalue weighted by Gasteiger charge is 2.14. The molecule has 0 amide bonds. The lowest BCUT2D eigenvalue weighted by Crippen LogP contribution is -1.75. The van der Waals surface area contributed by atoms with Gasteiger partial charge in [-0.3, -0.25) is 0 Å². The van der Waals surface area contributed by atoms with Gasteiger partial charge in [-0.2, -0.15) is 0 Å². The molecule has 1 aliphatic heterocycles. The van der Waals surface area contributed by atoms with Gasteiger partial charge in [-0.1, -0.05) is 0 Å². The van der Waals surface area contributed by atoms with E-state index < -0.39 is 0 Å². The van der Waals surface area contributed by atoms with Crippen LogP contribution < -0.4 is 0 Å². The second kappa shape index (κ2) is 2.70. The largest absolute Gasteiger partial charge is 0.234 e. The molecule has 0 saturated carbocycles. The Labute approximate surface area is 56.6 Å². The molecule has 1 saturated heterocycles. The molecular weight excluding hydrogens is 136 g/mol. The molecule has 1 heterocycles. The van der Waals surface area contributed by atoms with Crippen molar-refractivity contribution < 1.29 is 9.59 Å². The quantitative estimate of drug-likeness (QED) is 0.462. The van der Waals surface area contributed by atoms with Gasteiger partial charge < -0.3 is 0 Å². The highest BCUT2D eigenvalue weighted by Crippen LogP contribution is 2.30. The van der Waals surface area contributed by atoms with Crippen LogP contribution in [0.5, 0.6) is 0 Å². The van der Waals surface area contributed by atoms with E-state index >= 15 is 0 Å². The zero-order valence-corrected chi connectivity index (χ0v) is 5.46. The minimum absolute atomic E-state index is 0.470. The molecule has 9 heavy (non-hydrogen) atoms. The van der Waals surface area contributed by atoms with Gasteiger partial charge >= 0.3 is 0 Å². The van der Waals surface area contributed by atoms with E-state index in [1.165, 1.54) is 11.8 Å². The summed E-state index contributed by atoms with van der Waals surface area (Å²) in [5.41, 5.74) is 0.665. The van der Waals surface area contributed by atoms with Crippen LogP contribution in [0.1, 0.15) is 6.42 Å². The van der Waals surface area contributed by atoms with Gasteiger partial charge in [-0.05, 0) is 0 Å². The molecule has 1 aliphatic rings. The Bertz CT molecular complexity index is 195. The van der Waals surface area contributed by atoms with Crippen LogP contribution in [0.2, 0.25) is 0 Å². The predicted octanol–water partition coefficient (Wildman–Crippen LogP) is 0.597. The maximum Gasteiger partial charge on any atom is 0.135 e. The highest BCUT2D eigenvalue weighted by atomic mass is 32.2. The van der Waals surface area contributed by atoms with E-state index in [0.717, 1.165) is 0 Å². The molecular formula is C6H4O2S. The number of rotatable bonds is 0. The molecule has 1 fully saturated rings.